The van der Waals surface area contributed by atoms with Gasteiger partial charge in [-0.1, -0.05) is 36.4 Å². The smallest absolute Gasteiger partial charge is 0.0728 e. The number of halogens is 1. The number of rotatable bonds is 2. The van der Waals surface area contributed by atoms with Crippen LogP contribution < -0.4 is 0 Å². The number of nitrogens with zero attached hydrogens (tertiary/aromatic N) is 2. The van der Waals surface area contributed by atoms with Gasteiger partial charge in [0.25, 0.3) is 0 Å². The minimum Gasteiger partial charge on any atom is -0.277 e. The first-order valence-corrected chi connectivity index (χ1v) is 7.75. The van der Waals surface area contributed by atoms with E-state index in [-0.39, 0.29) is 0 Å². The molecule has 4 aromatic rings. The summed E-state index contributed by atoms with van der Waals surface area (Å²) in [6, 6.07) is 18.6. The molecule has 22 heavy (non-hydrogen) atoms. The van der Waals surface area contributed by atoms with Gasteiger partial charge in [-0.2, -0.15) is 5.10 Å². The number of nitrogens with one attached hydrogen (secondary N) is 1. The Labute approximate surface area is 136 Å². The van der Waals surface area contributed by atoms with Crippen LogP contribution in [-0.4, -0.2) is 15.2 Å². The summed E-state index contributed by atoms with van der Waals surface area (Å²) in [4.78, 5) is 4.41. The highest BCUT2D eigenvalue weighted by atomic mass is 79.9. The fraction of sp³-hybridized carbons (Fsp3) is 0. The van der Waals surface area contributed by atoms with Gasteiger partial charge in [-0.15, -0.1) is 0 Å². The Morgan fingerprint density at radius 2 is 1.73 bits per heavy atom. The summed E-state index contributed by atoms with van der Waals surface area (Å²) >= 11 is 3.48. The van der Waals surface area contributed by atoms with Crippen LogP contribution in [0.3, 0.4) is 0 Å². The molecule has 4 heteroatoms. The van der Waals surface area contributed by atoms with Crippen LogP contribution >= 0.6 is 15.9 Å². The summed E-state index contributed by atoms with van der Waals surface area (Å²) in [5.41, 5.74) is 5.36. The predicted octanol–water partition coefficient (Wildman–Crippen LogP) is 5.05. The second kappa shape index (κ2) is 5.39. The Morgan fingerprint density at radius 3 is 2.59 bits per heavy atom. The van der Waals surface area contributed by atoms with Crippen molar-refractivity contribution in [3.63, 3.8) is 0 Å². The molecular weight excluding hydrogens is 338 g/mol. The summed E-state index contributed by atoms with van der Waals surface area (Å²) < 4.78 is 0.979. The molecule has 4 rings (SSSR count). The summed E-state index contributed by atoms with van der Waals surface area (Å²) in [6.45, 7) is 0. The Kier molecular flexibility index (Phi) is 3.24. The summed E-state index contributed by atoms with van der Waals surface area (Å²) in [7, 11) is 0. The van der Waals surface area contributed by atoms with Crippen molar-refractivity contribution in [1.29, 1.82) is 0 Å². The third kappa shape index (κ3) is 2.31. The summed E-state index contributed by atoms with van der Waals surface area (Å²) in [5.74, 6) is 0. The number of fused-ring (bicyclic) bond motifs is 1. The lowest BCUT2D eigenvalue weighted by Gasteiger charge is -2.05. The Bertz CT molecular complexity index is 945. The van der Waals surface area contributed by atoms with Gasteiger partial charge in [0.15, 0.2) is 0 Å². The average Bonchev–Trinajstić information content (AvgIpc) is 3.04. The zero-order valence-electron chi connectivity index (χ0n) is 11.6. The van der Waals surface area contributed by atoms with E-state index in [9.17, 15) is 0 Å². The van der Waals surface area contributed by atoms with Gasteiger partial charge in [0, 0.05) is 27.2 Å². The monoisotopic (exact) mass is 349 g/mol. The van der Waals surface area contributed by atoms with E-state index in [1.165, 1.54) is 0 Å². The minimum atomic E-state index is 0.979. The molecule has 0 bridgehead atoms. The van der Waals surface area contributed by atoms with E-state index in [0.717, 1.165) is 37.8 Å². The van der Waals surface area contributed by atoms with Crippen molar-refractivity contribution < 1.29 is 0 Å². The molecule has 0 fully saturated rings. The van der Waals surface area contributed by atoms with Crippen LogP contribution in [0.25, 0.3) is 33.3 Å². The van der Waals surface area contributed by atoms with Crippen molar-refractivity contribution in [3.8, 4) is 22.4 Å². The van der Waals surface area contributed by atoms with E-state index in [4.69, 9.17) is 0 Å². The predicted molar refractivity (Wildman–Crippen MR) is 92.5 cm³/mol. The van der Waals surface area contributed by atoms with Crippen molar-refractivity contribution in [2.45, 2.75) is 0 Å². The molecule has 0 aliphatic heterocycles. The third-order valence-electron chi connectivity index (χ3n) is 3.66. The highest BCUT2D eigenvalue weighted by molar-refractivity contribution is 9.10. The lowest BCUT2D eigenvalue weighted by molar-refractivity contribution is 1.10. The van der Waals surface area contributed by atoms with Gasteiger partial charge in [-0.3, -0.25) is 10.1 Å². The molecule has 2 aromatic carbocycles. The van der Waals surface area contributed by atoms with Crippen LogP contribution in [-0.2, 0) is 0 Å². The van der Waals surface area contributed by atoms with Gasteiger partial charge in [0.2, 0.25) is 0 Å². The molecule has 0 radical (unpaired) electrons. The second-order valence-electron chi connectivity index (χ2n) is 5.09. The van der Waals surface area contributed by atoms with Gasteiger partial charge in [-0.05, 0) is 39.7 Å². The maximum atomic E-state index is 4.41. The van der Waals surface area contributed by atoms with Crippen LogP contribution in [0.2, 0.25) is 0 Å². The van der Waals surface area contributed by atoms with Gasteiger partial charge in [-0.25, -0.2) is 0 Å². The first-order valence-electron chi connectivity index (χ1n) is 6.96. The quantitative estimate of drug-likeness (QED) is 0.549. The van der Waals surface area contributed by atoms with Crippen molar-refractivity contribution in [2.24, 2.45) is 0 Å². The maximum absolute atomic E-state index is 4.41. The molecule has 0 aliphatic rings. The number of aromatic nitrogens is 3. The molecule has 0 atom stereocenters. The molecule has 0 saturated carbocycles. The molecule has 3 nitrogen and oxygen atoms in total. The number of pyridine rings is 1. The van der Waals surface area contributed by atoms with Gasteiger partial charge in [0.05, 0.1) is 17.4 Å². The molecular formula is C18H12BrN3. The number of aromatic amines is 1. The van der Waals surface area contributed by atoms with E-state index in [1.807, 2.05) is 36.7 Å². The average molecular weight is 350 g/mol. The highest BCUT2D eigenvalue weighted by Crippen LogP contribution is 2.31. The Morgan fingerprint density at radius 1 is 0.864 bits per heavy atom. The first kappa shape index (κ1) is 13.2. The summed E-state index contributed by atoms with van der Waals surface area (Å²) in [6.07, 6.45) is 3.68. The zero-order valence-corrected chi connectivity index (χ0v) is 13.2. The van der Waals surface area contributed by atoms with Crippen LogP contribution in [0, 0.1) is 0 Å². The Hall–Kier alpha value is -2.46. The molecule has 1 N–H and O–H groups in total. The van der Waals surface area contributed by atoms with E-state index in [0.29, 0.717) is 0 Å². The van der Waals surface area contributed by atoms with Crippen molar-refractivity contribution in [2.75, 3.05) is 0 Å². The third-order valence-corrected chi connectivity index (χ3v) is 4.09. The lowest BCUT2D eigenvalue weighted by atomic mass is 10.0. The number of hydrogen-bond acceptors (Lipinski definition) is 2. The molecule has 0 amide bonds. The normalized spacial score (nSPS) is 11.0. The lowest BCUT2D eigenvalue weighted by Crippen LogP contribution is -1.84. The highest BCUT2D eigenvalue weighted by Gasteiger charge is 2.10. The molecule has 2 heterocycles. The van der Waals surface area contributed by atoms with Gasteiger partial charge in [0.1, 0.15) is 0 Å². The first-order chi connectivity index (χ1) is 10.8. The summed E-state index contributed by atoms with van der Waals surface area (Å²) in [5, 5.41) is 8.43. The maximum Gasteiger partial charge on any atom is 0.0728 e. The Balaban J connectivity index is 1.88. The van der Waals surface area contributed by atoms with E-state index in [2.05, 4.69) is 61.4 Å². The number of hydrogen-bond donors (Lipinski definition) is 1. The fourth-order valence-electron chi connectivity index (χ4n) is 2.60. The molecule has 2 aromatic heterocycles. The van der Waals surface area contributed by atoms with Crippen LogP contribution in [0.1, 0.15) is 0 Å². The molecule has 0 spiro atoms. The fourth-order valence-corrected chi connectivity index (χ4v) is 2.95. The van der Waals surface area contributed by atoms with E-state index >= 15 is 0 Å². The van der Waals surface area contributed by atoms with Gasteiger partial charge < -0.3 is 0 Å². The largest absolute Gasteiger partial charge is 0.277 e. The van der Waals surface area contributed by atoms with Crippen LogP contribution in [0.15, 0.2) is 71.5 Å². The molecule has 0 saturated heterocycles. The van der Waals surface area contributed by atoms with Crippen molar-refractivity contribution in [3.05, 3.63) is 71.5 Å². The van der Waals surface area contributed by atoms with Crippen LogP contribution in [0.5, 0.6) is 0 Å². The molecule has 106 valence electrons. The van der Waals surface area contributed by atoms with Crippen LogP contribution in [0.4, 0.5) is 0 Å². The van der Waals surface area contributed by atoms with E-state index in [1.54, 1.807) is 0 Å². The molecule has 0 aliphatic carbocycles. The minimum absolute atomic E-state index is 0.979. The van der Waals surface area contributed by atoms with Crippen molar-refractivity contribution in [1.82, 2.24) is 15.2 Å². The molecule has 0 unspecified atom stereocenters. The topological polar surface area (TPSA) is 41.6 Å². The van der Waals surface area contributed by atoms with E-state index < -0.39 is 0 Å². The zero-order chi connectivity index (χ0) is 14.9. The van der Waals surface area contributed by atoms with Crippen molar-refractivity contribution >= 4 is 26.8 Å². The number of benzene rings is 2. The standard InChI is InChI=1S/C18H12BrN3/c19-15-9-14-8-13(6-7-17(14)20-10-15)16-11-21-22-18(16)12-4-2-1-3-5-12/h1-11H,(H,21,22). The second-order valence-corrected chi connectivity index (χ2v) is 6.00. The van der Waals surface area contributed by atoms with Gasteiger partial charge >= 0.3 is 0 Å². The SMILES string of the molecule is Brc1cnc2ccc(-c3cn[nH]c3-c3ccccc3)cc2c1. The number of H-pyrrole nitrogens is 1.